The first-order valence-corrected chi connectivity index (χ1v) is 5.94. The fourth-order valence-electron chi connectivity index (χ4n) is 1.96. The van der Waals surface area contributed by atoms with Gasteiger partial charge in [0, 0.05) is 13.1 Å². The van der Waals surface area contributed by atoms with E-state index in [1.807, 2.05) is 34.9 Å². The van der Waals surface area contributed by atoms with Gasteiger partial charge in [-0.25, -0.2) is 4.79 Å². The maximum Gasteiger partial charge on any atom is 0.410 e. The van der Waals surface area contributed by atoms with Crippen LogP contribution in [0, 0.1) is 5.92 Å². The van der Waals surface area contributed by atoms with Crippen LogP contribution < -0.4 is 5.32 Å². The maximum absolute atomic E-state index is 11.7. The number of ether oxygens (including phenoxy) is 1. The Hall–Kier alpha value is -0.770. The van der Waals surface area contributed by atoms with Crippen LogP contribution in [-0.4, -0.2) is 43.3 Å². The van der Waals surface area contributed by atoms with Gasteiger partial charge in [-0.1, -0.05) is 0 Å². The molecule has 0 spiro atoms. The van der Waals surface area contributed by atoms with Gasteiger partial charge in [0.2, 0.25) is 0 Å². The zero-order chi connectivity index (χ0) is 12.3. The van der Waals surface area contributed by atoms with Crippen molar-refractivity contribution in [2.24, 2.45) is 5.92 Å². The third-order valence-electron chi connectivity index (χ3n) is 2.93. The second kappa shape index (κ2) is 5.04. The van der Waals surface area contributed by atoms with E-state index in [1.165, 1.54) is 0 Å². The molecule has 1 rings (SSSR count). The number of carbonyl (C=O) groups is 1. The van der Waals surface area contributed by atoms with Crippen LogP contribution in [0.4, 0.5) is 4.79 Å². The predicted molar refractivity (Wildman–Crippen MR) is 64.4 cm³/mol. The molecule has 1 N–H and O–H groups in total. The van der Waals surface area contributed by atoms with Crippen LogP contribution in [0.25, 0.3) is 0 Å². The minimum atomic E-state index is -0.403. The highest BCUT2D eigenvalue weighted by Crippen LogP contribution is 2.31. The largest absolute Gasteiger partial charge is 0.444 e. The number of carbonyl (C=O) groups excluding carboxylic acids is 1. The zero-order valence-electron chi connectivity index (χ0n) is 11.0. The molecule has 0 atom stereocenters. The number of nitrogens with one attached hydrogen (secondary N) is 1. The van der Waals surface area contributed by atoms with E-state index in [-0.39, 0.29) is 6.09 Å². The summed E-state index contributed by atoms with van der Waals surface area (Å²) in [5, 5.41) is 3.16. The Morgan fingerprint density at radius 2 is 2.00 bits per heavy atom. The van der Waals surface area contributed by atoms with Crippen molar-refractivity contribution in [3.63, 3.8) is 0 Å². The fourth-order valence-corrected chi connectivity index (χ4v) is 1.96. The highest BCUT2D eigenvalue weighted by atomic mass is 16.6. The molecule has 4 nitrogen and oxygen atoms in total. The van der Waals surface area contributed by atoms with E-state index in [2.05, 4.69) is 5.32 Å². The first kappa shape index (κ1) is 13.3. The van der Waals surface area contributed by atoms with Crippen LogP contribution in [0.2, 0.25) is 0 Å². The molecule has 0 aromatic carbocycles. The Labute approximate surface area is 98.3 Å². The van der Waals surface area contributed by atoms with Crippen molar-refractivity contribution in [3.8, 4) is 0 Å². The highest BCUT2D eigenvalue weighted by molar-refractivity contribution is 5.68. The molecule has 1 aliphatic carbocycles. The molecule has 1 fully saturated rings. The number of rotatable bonds is 3. The van der Waals surface area contributed by atoms with Crippen molar-refractivity contribution >= 4 is 6.09 Å². The molecule has 0 heterocycles. The van der Waals surface area contributed by atoms with E-state index < -0.39 is 5.60 Å². The van der Waals surface area contributed by atoms with E-state index >= 15 is 0 Å². The lowest BCUT2D eigenvalue weighted by Crippen LogP contribution is -2.49. The third-order valence-corrected chi connectivity index (χ3v) is 2.93. The van der Waals surface area contributed by atoms with Crippen LogP contribution >= 0.6 is 0 Å². The molecule has 94 valence electrons. The monoisotopic (exact) mass is 228 g/mol. The minimum Gasteiger partial charge on any atom is -0.444 e. The summed E-state index contributed by atoms with van der Waals surface area (Å²) < 4.78 is 5.32. The normalized spacial score (nSPS) is 24.8. The van der Waals surface area contributed by atoms with Gasteiger partial charge >= 0.3 is 6.09 Å². The van der Waals surface area contributed by atoms with Gasteiger partial charge in [-0.15, -0.1) is 0 Å². The summed E-state index contributed by atoms with van der Waals surface area (Å²) in [6.07, 6.45) is 1.95. The van der Waals surface area contributed by atoms with Gasteiger partial charge in [0.25, 0.3) is 0 Å². The van der Waals surface area contributed by atoms with Crippen molar-refractivity contribution in [1.29, 1.82) is 0 Å². The van der Waals surface area contributed by atoms with Crippen molar-refractivity contribution in [2.75, 3.05) is 20.6 Å². The second-order valence-electron chi connectivity index (χ2n) is 5.64. The summed E-state index contributed by atoms with van der Waals surface area (Å²) >= 11 is 0. The molecule has 0 aromatic heterocycles. The Morgan fingerprint density at radius 3 is 2.44 bits per heavy atom. The summed E-state index contributed by atoms with van der Waals surface area (Å²) in [5.41, 5.74) is -0.403. The van der Waals surface area contributed by atoms with Gasteiger partial charge in [0.1, 0.15) is 5.60 Å². The van der Waals surface area contributed by atoms with Crippen molar-refractivity contribution in [1.82, 2.24) is 10.2 Å². The van der Waals surface area contributed by atoms with Crippen LogP contribution in [-0.2, 0) is 4.74 Å². The van der Waals surface area contributed by atoms with Gasteiger partial charge in [-0.3, -0.25) is 0 Å². The molecule has 0 aromatic rings. The van der Waals surface area contributed by atoms with Gasteiger partial charge in [-0.2, -0.15) is 0 Å². The molecule has 1 amide bonds. The zero-order valence-corrected chi connectivity index (χ0v) is 11.0. The summed E-state index contributed by atoms with van der Waals surface area (Å²) in [7, 11) is 3.79. The topological polar surface area (TPSA) is 41.6 Å². The minimum absolute atomic E-state index is 0.208. The SMILES string of the molecule is CNCC1CC(N(C)C(=O)OC(C)(C)C)C1. The maximum atomic E-state index is 11.7. The first-order valence-electron chi connectivity index (χ1n) is 5.94. The van der Waals surface area contributed by atoms with E-state index in [0.717, 1.165) is 19.4 Å². The van der Waals surface area contributed by atoms with Crippen LogP contribution in [0.1, 0.15) is 33.6 Å². The smallest absolute Gasteiger partial charge is 0.410 e. The van der Waals surface area contributed by atoms with Gasteiger partial charge in [0.05, 0.1) is 0 Å². The number of hydrogen-bond acceptors (Lipinski definition) is 3. The van der Waals surface area contributed by atoms with Crippen LogP contribution in [0.15, 0.2) is 0 Å². The highest BCUT2D eigenvalue weighted by Gasteiger charge is 2.35. The second-order valence-corrected chi connectivity index (χ2v) is 5.64. The summed E-state index contributed by atoms with van der Waals surface area (Å²) in [4.78, 5) is 13.5. The standard InChI is InChI=1S/C12H24N2O2/c1-12(2,3)16-11(15)14(5)10-6-9(7-10)8-13-4/h9-10,13H,6-8H2,1-5H3. The van der Waals surface area contributed by atoms with Crippen LogP contribution in [0.3, 0.4) is 0 Å². The molecule has 0 radical (unpaired) electrons. The summed E-state index contributed by atoms with van der Waals surface area (Å²) in [5.74, 6) is 0.708. The lowest BCUT2D eigenvalue weighted by molar-refractivity contribution is 0.00682. The third kappa shape index (κ3) is 3.67. The number of amides is 1. The van der Waals surface area contributed by atoms with E-state index in [1.54, 1.807) is 4.90 Å². The quantitative estimate of drug-likeness (QED) is 0.801. The lowest BCUT2D eigenvalue weighted by atomic mass is 9.79. The fraction of sp³-hybridized carbons (Fsp3) is 0.917. The molecule has 0 saturated heterocycles. The van der Waals surface area contributed by atoms with E-state index in [4.69, 9.17) is 4.74 Å². The molecule has 4 heteroatoms. The van der Waals surface area contributed by atoms with E-state index in [9.17, 15) is 4.79 Å². The predicted octanol–water partition coefficient (Wildman–Crippen LogP) is 1.85. The Bertz CT molecular complexity index is 242. The molecule has 1 saturated carbocycles. The number of hydrogen-bond donors (Lipinski definition) is 1. The molecule has 16 heavy (non-hydrogen) atoms. The first-order chi connectivity index (χ1) is 7.33. The van der Waals surface area contributed by atoms with Crippen LogP contribution in [0.5, 0.6) is 0 Å². The molecular weight excluding hydrogens is 204 g/mol. The lowest BCUT2D eigenvalue weighted by Gasteiger charge is -2.41. The summed E-state index contributed by atoms with van der Waals surface area (Å²) in [6.45, 7) is 6.72. The Balaban J connectivity index is 2.31. The van der Waals surface area contributed by atoms with Crippen molar-refractivity contribution in [3.05, 3.63) is 0 Å². The number of nitrogens with zero attached hydrogens (tertiary/aromatic N) is 1. The Morgan fingerprint density at radius 1 is 1.44 bits per heavy atom. The van der Waals surface area contributed by atoms with Gasteiger partial charge in [0.15, 0.2) is 0 Å². The van der Waals surface area contributed by atoms with Crippen molar-refractivity contribution < 1.29 is 9.53 Å². The molecule has 1 aliphatic rings. The Kier molecular flexibility index (Phi) is 4.19. The molecule has 0 bridgehead atoms. The van der Waals surface area contributed by atoms with Gasteiger partial charge < -0.3 is 15.0 Å². The molecule has 0 unspecified atom stereocenters. The average molecular weight is 228 g/mol. The van der Waals surface area contributed by atoms with E-state index in [0.29, 0.717) is 12.0 Å². The summed E-state index contributed by atoms with van der Waals surface area (Å²) in [6, 6.07) is 0.355. The average Bonchev–Trinajstić information content (AvgIpc) is 2.06. The molecule has 0 aliphatic heterocycles. The molecular formula is C12H24N2O2. The van der Waals surface area contributed by atoms with Gasteiger partial charge in [-0.05, 0) is 53.1 Å². The van der Waals surface area contributed by atoms with Crippen molar-refractivity contribution in [2.45, 2.75) is 45.3 Å².